The summed E-state index contributed by atoms with van der Waals surface area (Å²) in [5.41, 5.74) is 1.05. The minimum absolute atomic E-state index is 0.466. The molecule has 0 atom stereocenters. The molecule has 0 radical (unpaired) electrons. The van der Waals surface area contributed by atoms with Crippen LogP contribution in [0.15, 0.2) is 43.5 Å². The molecule has 0 heterocycles. The summed E-state index contributed by atoms with van der Waals surface area (Å²) in [7, 11) is 0. The molecule has 0 N–H and O–H groups in total. The van der Waals surface area contributed by atoms with Gasteiger partial charge in [0.2, 0.25) is 0 Å². The van der Waals surface area contributed by atoms with E-state index in [2.05, 4.69) is 13.2 Å². The van der Waals surface area contributed by atoms with Crippen molar-refractivity contribution in [3.63, 3.8) is 0 Å². The van der Waals surface area contributed by atoms with Gasteiger partial charge in [-0.05, 0) is 18.1 Å². The number of ether oxygens (including phenoxy) is 1. The third kappa shape index (κ3) is 2.64. The summed E-state index contributed by atoms with van der Waals surface area (Å²) in [6, 6.07) is 5.69. The Morgan fingerprint density at radius 3 is 2.71 bits per heavy atom. The summed E-state index contributed by atoms with van der Waals surface area (Å²) in [4.78, 5) is 0. The molecule has 0 unspecified atom stereocenters. The summed E-state index contributed by atoms with van der Waals surface area (Å²) in [5, 5.41) is 0.631. The van der Waals surface area contributed by atoms with E-state index in [9.17, 15) is 0 Å². The SMILES string of the molecule is C=CCOc1c(Cl)cccc1CC=C. The van der Waals surface area contributed by atoms with Crippen molar-refractivity contribution in [1.82, 2.24) is 0 Å². The Morgan fingerprint density at radius 2 is 2.07 bits per heavy atom. The average Bonchev–Trinajstić information content (AvgIpc) is 2.18. The van der Waals surface area contributed by atoms with Crippen molar-refractivity contribution in [1.29, 1.82) is 0 Å². The highest BCUT2D eigenvalue weighted by Gasteiger charge is 2.05. The van der Waals surface area contributed by atoms with Gasteiger partial charge in [-0.2, -0.15) is 0 Å². The van der Waals surface area contributed by atoms with E-state index >= 15 is 0 Å². The van der Waals surface area contributed by atoms with Gasteiger partial charge in [-0.1, -0.05) is 42.5 Å². The molecule has 0 saturated heterocycles. The van der Waals surface area contributed by atoms with Crippen molar-refractivity contribution in [2.75, 3.05) is 6.61 Å². The molecule has 2 heteroatoms. The predicted molar refractivity (Wildman–Crippen MR) is 61.0 cm³/mol. The quantitative estimate of drug-likeness (QED) is 0.672. The molecule has 0 aromatic heterocycles. The minimum Gasteiger partial charge on any atom is -0.488 e. The lowest BCUT2D eigenvalue weighted by Crippen LogP contribution is -1.97. The van der Waals surface area contributed by atoms with Crippen LogP contribution in [-0.2, 0) is 6.42 Å². The second-order valence-electron chi connectivity index (χ2n) is 2.82. The number of hydrogen-bond donors (Lipinski definition) is 0. The fourth-order valence-corrected chi connectivity index (χ4v) is 1.42. The van der Waals surface area contributed by atoms with E-state index in [1.807, 2.05) is 24.3 Å². The van der Waals surface area contributed by atoms with Gasteiger partial charge in [0.1, 0.15) is 12.4 Å². The Morgan fingerprint density at radius 1 is 1.29 bits per heavy atom. The molecule has 0 fully saturated rings. The van der Waals surface area contributed by atoms with Gasteiger partial charge in [-0.15, -0.1) is 6.58 Å². The molecule has 14 heavy (non-hydrogen) atoms. The van der Waals surface area contributed by atoms with Crippen LogP contribution in [0.25, 0.3) is 0 Å². The van der Waals surface area contributed by atoms with E-state index < -0.39 is 0 Å². The van der Waals surface area contributed by atoms with Crippen molar-refractivity contribution in [2.24, 2.45) is 0 Å². The smallest absolute Gasteiger partial charge is 0.141 e. The molecule has 0 aliphatic rings. The second kappa shape index (κ2) is 5.51. The third-order valence-electron chi connectivity index (χ3n) is 1.76. The maximum absolute atomic E-state index is 6.01. The topological polar surface area (TPSA) is 9.23 Å². The molecule has 0 bridgehead atoms. The number of halogens is 1. The van der Waals surface area contributed by atoms with Crippen molar-refractivity contribution < 1.29 is 4.74 Å². The maximum atomic E-state index is 6.01. The molecule has 1 aromatic carbocycles. The van der Waals surface area contributed by atoms with Crippen LogP contribution in [0, 0.1) is 0 Å². The van der Waals surface area contributed by atoms with Crippen LogP contribution in [-0.4, -0.2) is 6.61 Å². The first-order valence-corrected chi connectivity index (χ1v) is 4.79. The predicted octanol–water partition coefficient (Wildman–Crippen LogP) is 3.63. The molecule has 74 valence electrons. The van der Waals surface area contributed by atoms with E-state index in [0.29, 0.717) is 11.6 Å². The lowest BCUT2D eigenvalue weighted by atomic mass is 10.1. The van der Waals surface area contributed by atoms with Gasteiger partial charge in [0.15, 0.2) is 0 Å². The van der Waals surface area contributed by atoms with Crippen LogP contribution >= 0.6 is 11.6 Å². The molecular formula is C12H13ClO. The number of allylic oxidation sites excluding steroid dienone is 1. The van der Waals surface area contributed by atoms with E-state index in [0.717, 1.165) is 17.7 Å². The molecule has 0 saturated carbocycles. The largest absolute Gasteiger partial charge is 0.488 e. The third-order valence-corrected chi connectivity index (χ3v) is 2.06. The zero-order valence-electron chi connectivity index (χ0n) is 8.00. The normalized spacial score (nSPS) is 9.50. The molecule has 1 rings (SSSR count). The van der Waals surface area contributed by atoms with Crippen molar-refractivity contribution in [3.8, 4) is 5.75 Å². The fraction of sp³-hybridized carbons (Fsp3) is 0.167. The number of benzene rings is 1. The van der Waals surface area contributed by atoms with Crippen LogP contribution in [0.1, 0.15) is 5.56 Å². The van der Waals surface area contributed by atoms with E-state index in [4.69, 9.17) is 16.3 Å². The zero-order chi connectivity index (χ0) is 10.4. The highest BCUT2D eigenvalue weighted by Crippen LogP contribution is 2.29. The first-order valence-electron chi connectivity index (χ1n) is 4.41. The summed E-state index contributed by atoms with van der Waals surface area (Å²) in [5.74, 6) is 0.731. The number of para-hydroxylation sites is 1. The monoisotopic (exact) mass is 208 g/mol. The van der Waals surface area contributed by atoms with Crippen LogP contribution in [0.2, 0.25) is 5.02 Å². The van der Waals surface area contributed by atoms with Gasteiger partial charge in [0, 0.05) is 0 Å². The fourth-order valence-electron chi connectivity index (χ4n) is 1.17. The first-order chi connectivity index (χ1) is 6.79. The lowest BCUT2D eigenvalue weighted by molar-refractivity contribution is 0.360. The van der Waals surface area contributed by atoms with Crippen molar-refractivity contribution in [2.45, 2.75) is 6.42 Å². The van der Waals surface area contributed by atoms with Gasteiger partial charge < -0.3 is 4.74 Å². The molecule has 0 aliphatic carbocycles. The second-order valence-corrected chi connectivity index (χ2v) is 3.23. The van der Waals surface area contributed by atoms with Gasteiger partial charge in [-0.25, -0.2) is 0 Å². The standard InChI is InChI=1S/C12H13ClO/c1-3-6-10-7-5-8-11(13)12(10)14-9-4-2/h3-5,7-8H,1-2,6,9H2. The van der Waals surface area contributed by atoms with E-state index in [-0.39, 0.29) is 0 Å². The Hall–Kier alpha value is -1.21. The summed E-state index contributed by atoms with van der Waals surface area (Å²) < 4.78 is 5.47. The van der Waals surface area contributed by atoms with Gasteiger partial charge in [0.05, 0.1) is 5.02 Å². The highest BCUT2D eigenvalue weighted by atomic mass is 35.5. The Labute approximate surface area is 89.7 Å². The van der Waals surface area contributed by atoms with E-state index in [1.165, 1.54) is 0 Å². The minimum atomic E-state index is 0.466. The van der Waals surface area contributed by atoms with E-state index in [1.54, 1.807) is 6.08 Å². The molecule has 1 aromatic rings. The zero-order valence-corrected chi connectivity index (χ0v) is 8.76. The van der Waals surface area contributed by atoms with Crippen LogP contribution in [0.4, 0.5) is 0 Å². The Kier molecular flexibility index (Phi) is 4.27. The molecule has 0 amide bonds. The Balaban J connectivity index is 2.95. The molecule has 1 nitrogen and oxygen atoms in total. The van der Waals surface area contributed by atoms with Crippen molar-refractivity contribution >= 4 is 11.6 Å². The molecule has 0 aliphatic heterocycles. The van der Waals surface area contributed by atoms with Crippen LogP contribution in [0.5, 0.6) is 5.75 Å². The van der Waals surface area contributed by atoms with Crippen LogP contribution < -0.4 is 4.74 Å². The van der Waals surface area contributed by atoms with Gasteiger partial charge >= 0.3 is 0 Å². The average molecular weight is 209 g/mol. The van der Waals surface area contributed by atoms with Gasteiger partial charge in [-0.3, -0.25) is 0 Å². The van der Waals surface area contributed by atoms with Crippen LogP contribution in [0.3, 0.4) is 0 Å². The summed E-state index contributed by atoms with van der Waals surface area (Å²) >= 11 is 6.01. The molecule has 0 spiro atoms. The number of rotatable bonds is 5. The summed E-state index contributed by atoms with van der Waals surface area (Å²) in [6.07, 6.45) is 4.28. The highest BCUT2D eigenvalue weighted by molar-refractivity contribution is 6.32. The van der Waals surface area contributed by atoms with Crippen molar-refractivity contribution in [3.05, 3.63) is 54.1 Å². The maximum Gasteiger partial charge on any atom is 0.141 e. The molecular weight excluding hydrogens is 196 g/mol. The van der Waals surface area contributed by atoms with Gasteiger partial charge in [0.25, 0.3) is 0 Å². The number of hydrogen-bond acceptors (Lipinski definition) is 1. The Bertz CT molecular complexity index is 331. The lowest BCUT2D eigenvalue weighted by Gasteiger charge is -2.10. The summed E-state index contributed by atoms with van der Waals surface area (Å²) in [6.45, 7) is 7.75. The first kappa shape index (κ1) is 10.9.